The van der Waals surface area contributed by atoms with Gasteiger partial charge < -0.3 is 10.0 Å². The number of nitrogens with zero attached hydrogens (tertiary/aromatic N) is 3. The zero-order chi connectivity index (χ0) is 16.4. The van der Waals surface area contributed by atoms with Crippen LogP contribution in [0.25, 0.3) is 0 Å². The lowest BCUT2D eigenvalue weighted by Crippen LogP contribution is -2.45. The normalized spacial score (nSPS) is 24.3. The summed E-state index contributed by atoms with van der Waals surface area (Å²) in [5, 5.41) is 8.90. The fraction of sp³-hybridized carbons (Fsp3) is 0.588. The van der Waals surface area contributed by atoms with E-state index in [1.807, 2.05) is 35.0 Å². The van der Waals surface area contributed by atoms with Crippen molar-refractivity contribution in [3.8, 4) is 0 Å². The molecule has 23 heavy (non-hydrogen) atoms. The van der Waals surface area contributed by atoms with Gasteiger partial charge in [-0.1, -0.05) is 6.07 Å². The van der Waals surface area contributed by atoms with Crippen molar-refractivity contribution in [1.29, 1.82) is 0 Å². The maximum absolute atomic E-state index is 12.8. The highest BCUT2D eigenvalue weighted by Crippen LogP contribution is 2.44. The molecule has 6 nitrogen and oxygen atoms in total. The molecule has 1 spiro atoms. The summed E-state index contributed by atoms with van der Waals surface area (Å²) in [6.07, 6.45) is 4.92. The lowest BCUT2D eigenvalue weighted by atomic mass is 9.75. The van der Waals surface area contributed by atoms with E-state index in [2.05, 4.69) is 4.98 Å². The Bertz CT molecular complexity index is 582. The van der Waals surface area contributed by atoms with E-state index in [4.69, 9.17) is 5.11 Å². The number of hydrogen-bond donors (Lipinski definition) is 1. The van der Waals surface area contributed by atoms with E-state index >= 15 is 0 Å². The number of aliphatic carboxylic acids is 1. The number of hydrogen-bond acceptors (Lipinski definition) is 4. The van der Waals surface area contributed by atoms with Crippen molar-refractivity contribution in [2.75, 3.05) is 26.7 Å². The van der Waals surface area contributed by atoms with E-state index in [-0.39, 0.29) is 23.9 Å². The molecule has 2 fully saturated rings. The lowest BCUT2D eigenvalue weighted by molar-refractivity contribution is -0.140. The average Bonchev–Trinajstić information content (AvgIpc) is 2.76. The molecule has 1 N–H and O–H groups in total. The van der Waals surface area contributed by atoms with E-state index < -0.39 is 5.97 Å². The average molecular weight is 317 g/mol. The first-order chi connectivity index (χ1) is 11.0. The SMILES string of the molecule is CN1C(=O)C2(CCN(CC(=O)O)CC2)C[C@H]1Cc1ccccn1. The van der Waals surface area contributed by atoms with Gasteiger partial charge in [-0.2, -0.15) is 0 Å². The molecule has 0 aromatic carbocycles. The predicted octanol–water partition coefficient (Wildman–Crippen LogP) is 1.02. The Balaban J connectivity index is 1.66. The van der Waals surface area contributed by atoms with Gasteiger partial charge in [0.2, 0.25) is 5.91 Å². The molecule has 0 saturated carbocycles. The van der Waals surface area contributed by atoms with Gasteiger partial charge in [-0.05, 0) is 44.5 Å². The molecule has 3 heterocycles. The first kappa shape index (κ1) is 15.9. The summed E-state index contributed by atoms with van der Waals surface area (Å²) >= 11 is 0. The van der Waals surface area contributed by atoms with Gasteiger partial charge in [0, 0.05) is 31.4 Å². The summed E-state index contributed by atoms with van der Waals surface area (Å²) in [6, 6.07) is 6.05. The Morgan fingerprint density at radius 1 is 1.39 bits per heavy atom. The lowest BCUT2D eigenvalue weighted by Gasteiger charge is -2.37. The van der Waals surface area contributed by atoms with Crippen LogP contribution in [0.1, 0.15) is 25.0 Å². The molecule has 2 saturated heterocycles. The van der Waals surface area contributed by atoms with E-state index in [1.54, 1.807) is 6.20 Å². The van der Waals surface area contributed by atoms with Crippen LogP contribution in [0, 0.1) is 5.41 Å². The van der Waals surface area contributed by atoms with Gasteiger partial charge in [0.15, 0.2) is 0 Å². The van der Waals surface area contributed by atoms with Crippen LogP contribution in [0.15, 0.2) is 24.4 Å². The predicted molar refractivity (Wildman–Crippen MR) is 84.9 cm³/mol. The molecule has 0 bridgehead atoms. The third kappa shape index (κ3) is 3.22. The first-order valence-corrected chi connectivity index (χ1v) is 8.11. The number of rotatable bonds is 4. The van der Waals surface area contributed by atoms with Crippen LogP contribution in [0.4, 0.5) is 0 Å². The Kier molecular flexibility index (Phi) is 4.35. The molecule has 2 aliphatic heterocycles. The summed E-state index contributed by atoms with van der Waals surface area (Å²) in [7, 11) is 1.88. The van der Waals surface area contributed by atoms with Crippen LogP contribution in [0.5, 0.6) is 0 Å². The zero-order valence-corrected chi connectivity index (χ0v) is 13.4. The minimum absolute atomic E-state index is 0.0669. The van der Waals surface area contributed by atoms with Crippen LogP contribution < -0.4 is 0 Å². The Labute approximate surface area is 136 Å². The fourth-order valence-electron chi connectivity index (χ4n) is 3.93. The summed E-state index contributed by atoms with van der Waals surface area (Å²) < 4.78 is 0. The molecule has 1 amide bonds. The van der Waals surface area contributed by atoms with Crippen LogP contribution in [0.2, 0.25) is 0 Å². The molecule has 1 aromatic rings. The van der Waals surface area contributed by atoms with Crippen molar-refractivity contribution in [2.45, 2.75) is 31.7 Å². The largest absolute Gasteiger partial charge is 0.480 e. The summed E-state index contributed by atoms with van der Waals surface area (Å²) in [5.41, 5.74) is 0.709. The smallest absolute Gasteiger partial charge is 0.317 e. The molecule has 1 atom stereocenters. The standard InChI is InChI=1S/C17H23N3O3/c1-19-14(10-13-4-2-3-7-18-13)11-17(16(19)23)5-8-20(9-6-17)12-15(21)22/h2-4,7,14H,5-6,8-12H2,1H3,(H,21,22)/t14-/m1/s1. The van der Waals surface area contributed by atoms with Crippen molar-refractivity contribution in [3.05, 3.63) is 30.1 Å². The summed E-state index contributed by atoms with van der Waals surface area (Å²) in [4.78, 5) is 31.8. The molecule has 1 aromatic heterocycles. The monoisotopic (exact) mass is 317 g/mol. The van der Waals surface area contributed by atoms with Gasteiger partial charge in [-0.25, -0.2) is 0 Å². The Hall–Kier alpha value is -1.95. The van der Waals surface area contributed by atoms with Gasteiger partial charge in [0.1, 0.15) is 0 Å². The van der Waals surface area contributed by atoms with Crippen molar-refractivity contribution >= 4 is 11.9 Å². The van der Waals surface area contributed by atoms with Crippen molar-refractivity contribution in [2.24, 2.45) is 5.41 Å². The third-order valence-electron chi connectivity index (χ3n) is 5.29. The molecule has 0 aliphatic carbocycles. The van der Waals surface area contributed by atoms with Gasteiger partial charge in [0.05, 0.1) is 12.0 Å². The maximum atomic E-state index is 12.8. The molecular formula is C17H23N3O3. The first-order valence-electron chi connectivity index (χ1n) is 8.11. The van der Waals surface area contributed by atoms with E-state index in [9.17, 15) is 9.59 Å². The number of piperidine rings is 1. The highest BCUT2D eigenvalue weighted by atomic mass is 16.4. The highest BCUT2D eigenvalue weighted by molar-refractivity contribution is 5.85. The van der Waals surface area contributed by atoms with Crippen molar-refractivity contribution in [3.63, 3.8) is 0 Å². The summed E-state index contributed by atoms with van der Waals surface area (Å²) in [6.45, 7) is 1.43. The molecule has 3 rings (SSSR count). The highest BCUT2D eigenvalue weighted by Gasteiger charge is 2.51. The van der Waals surface area contributed by atoms with Gasteiger partial charge >= 0.3 is 5.97 Å². The molecule has 6 heteroatoms. The van der Waals surface area contributed by atoms with Crippen molar-refractivity contribution < 1.29 is 14.7 Å². The number of amides is 1. The molecule has 0 unspecified atom stereocenters. The second kappa shape index (κ2) is 6.28. The molecular weight excluding hydrogens is 294 g/mol. The zero-order valence-electron chi connectivity index (χ0n) is 13.4. The van der Waals surface area contributed by atoms with Crippen molar-refractivity contribution in [1.82, 2.24) is 14.8 Å². The minimum Gasteiger partial charge on any atom is -0.480 e. The number of likely N-dealkylation sites (tertiary alicyclic amines) is 2. The van der Waals surface area contributed by atoms with Crippen LogP contribution >= 0.6 is 0 Å². The minimum atomic E-state index is -0.802. The van der Waals surface area contributed by atoms with E-state index in [0.29, 0.717) is 13.1 Å². The number of carbonyl (C=O) groups is 2. The summed E-state index contributed by atoms with van der Waals surface area (Å²) in [5.74, 6) is -0.586. The molecule has 124 valence electrons. The number of carboxylic acids is 1. The van der Waals surface area contributed by atoms with Gasteiger partial charge in [-0.15, -0.1) is 0 Å². The van der Waals surface area contributed by atoms with Gasteiger partial charge in [0.25, 0.3) is 0 Å². The number of pyridine rings is 1. The molecule has 0 radical (unpaired) electrons. The third-order valence-corrected chi connectivity index (χ3v) is 5.29. The number of likely N-dealkylation sites (N-methyl/N-ethyl adjacent to an activating group) is 1. The Morgan fingerprint density at radius 2 is 2.13 bits per heavy atom. The number of aromatic nitrogens is 1. The maximum Gasteiger partial charge on any atom is 0.317 e. The topological polar surface area (TPSA) is 73.7 Å². The van der Waals surface area contributed by atoms with E-state index in [1.165, 1.54) is 0 Å². The second-order valence-electron chi connectivity index (χ2n) is 6.75. The van der Waals surface area contributed by atoms with Gasteiger partial charge in [-0.3, -0.25) is 19.5 Å². The second-order valence-corrected chi connectivity index (χ2v) is 6.75. The number of carboxylic acid groups (broad SMARTS) is 1. The van der Waals surface area contributed by atoms with E-state index in [0.717, 1.165) is 31.4 Å². The van der Waals surface area contributed by atoms with Crippen LogP contribution in [-0.2, 0) is 16.0 Å². The van der Waals surface area contributed by atoms with Crippen LogP contribution in [-0.4, -0.2) is 64.5 Å². The van der Waals surface area contributed by atoms with Crippen LogP contribution in [0.3, 0.4) is 0 Å². The quantitative estimate of drug-likeness (QED) is 0.897. The number of carbonyl (C=O) groups excluding carboxylic acids is 1. The Morgan fingerprint density at radius 3 is 2.74 bits per heavy atom. The fourth-order valence-corrected chi connectivity index (χ4v) is 3.93. The molecule has 2 aliphatic rings.